The minimum atomic E-state index is -0.486. The van der Waals surface area contributed by atoms with E-state index >= 15 is 0 Å². The third-order valence-electron chi connectivity index (χ3n) is 2.77. The van der Waals surface area contributed by atoms with Crippen molar-refractivity contribution in [2.24, 2.45) is 0 Å². The zero-order valence-corrected chi connectivity index (χ0v) is 12.0. The Morgan fingerprint density at radius 2 is 1.89 bits per heavy atom. The van der Waals surface area contributed by atoms with E-state index in [1.54, 1.807) is 25.1 Å². The van der Waals surface area contributed by atoms with Crippen LogP contribution in [0, 0.1) is 5.82 Å². The lowest BCUT2D eigenvalue weighted by Crippen LogP contribution is -1.97. The SMILES string of the molecule is C[C@H](O)c1ccc(OCc2ccc(F)cc2Br)cc1. The van der Waals surface area contributed by atoms with Gasteiger partial charge in [0.25, 0.3) is 0 Å². The van der Waals surface area contributed by atoms with Crippen LogP contribution in [0.1, 0.15) is 24.2 Å². The topological polar surface area (TPSA) is 29.5 Å². The van der Waals surface area contributed by atoms with Crippen LogP contribution in [0.4, 0.5) is 4.39 Å². The summed E-state index contributed by atoms with van der Waals surface area (Å²) in [6.07, 6.45) is -0.486. The Kier molecular flexibility index (Phi) is 4.56. The van der Waals surface area contributed by atoms with Crippen LogP contribution in [0.3, 0.4) is 0 Å². The largest absolute Gasteiger partial charge is 0.489 e. The van der Waals surface area contributed by atoms with Gasteiger partial charge in [-0.15, -0.1) is 0 Å². The molecule has 0 aliphatic heterocycles. The van der Waals surface area contributed by atoms with Crippen LogP contribution in [0.5, 0.6) is 5.75 Å². The molecule has 0 fully saturated rings. The van der Waals surface area contributed by atoms with E-state index in [1.807, 2.05) is 12.1 Å². The quantitative estimate of drug-likeness (QED) is 0.912. The molecule has 0 saturated heterocycles. The molecule has 0 radical (unpaired) electrons. The van der Waals surface area contributed by atoms with Gasteiger partial charge in [-0.25, -0.2) is 4.39 Å². The van der Waals surface area contributed by atoms with E-state index in [9.17, 15) is 9.50 Å². The van der Waals surface area contributed by atoms with Gasteiger partial charge in [0, 0.05) is 10.0 Å². The number of hydrogen-bond donors (Lipinski definition) is 1. The van der Waals surface area contributed by atoms with Gasteiger partial charge in [-0.2, -0.15) is 0 Å². The summed E-state index contributed by atoms with van der Waals surface area (Å²) in [6, 6.07) is 11.7. The smallest absolute Gasteiger partial charge is 0.124 e. The lowest BCUT2D eigenvalue weighted by atomic mass is 10.1. The highest BCUT2D eigenvalue weighted by atomic mass is 79.9. The minimum Gasteiger partial charge on any atom is -0.489 e. The van der Waals surface area contributed by atoms with Gasteiger partial charge in [0.2, 0.25) is 0 Å². The van der Waals surface area contributed by atoms with Crippen molar-refractivity contribution in [3.8, 4) is 5.75 Å². The van der Waals surface area contributed by atoms with Crippen LogP contribution < -0.4 is 4.74 Å². The van der Waals surface area contributed by atoms with Gasteiger partial charge in [-0.1, -0.05) is 34.1 Å². The number of hydrogen-bond acceptors (Lipinski definition) is 2. The second-order valence-corrected chi connectivity index (χ2v) is 5.12. The first kappa shape index (κ1) is 14.0. The first-order valence-electron chi connectivity index (χ1n) is 5.91. The summed E-state index contributed by atoms with van der Waals surface area (Å²) in [5.74, 6) is 0.428. The predicted octanol–water partition coefficient (Wildman–Crippen LogP) is 4.22. The van der Waals surface area contributed by atoms with Crippen molar-refractivity contribution in [2.75, 3.05) is 0 Å². The summed E-state index contributed by atoms with van der Waals surface area (Å²) in [5, 5.41) is 9.40. The van der Waals surface area contributed by atoms with Crippen molar-refractivity contribution in [3.05, 3.63) is 63.9 Å². The van der Waals surface area contributed by atoms with Crippen LogP contribution in [-0.4, -0.2) is 5.11 Å². The summed E-state index contributed by atoms with van der Waals surface area (Å²) in [7, 11) is 0. The van der Waals surface area contributed by atoms with Crippen molar-refractivity contribution in [2.45, 2.75) is 19.6 Å². The fourth-order valence-corrected chi connectivity index (χ4v) is 2.11. The number of ether oxygens (including phenoxy) is 1. The normalized spacial score (nSPS) is 12.2. The van der Waals surface area contributed by atoms with E-state index in [0.29, 0.717) is 16.8 Å². The third kappa shape index (κ3) is 3.78. The fraction of sp³-hybridized carbons (Fsp3) is 0.200. The van der Waals surface area contributed by atoms with E-state index in [1.165, 1.54) is 12.1 Å². The molecule has 2 rings (SSSR count). The molecule has 0 bridgehead atoms. The predicted molar refractivity (Wildman–Crippen MR) is 75.5 cm³/mol. The van der Waals surface area contributed by atoms with E-state index < -0.39 is 6.10 Å². The Labute approximate surface area is 120 Å². The number of aliphatic hydroxyl groups excluding tert-OH is 1. The van der Waals surface area contributed by atoms with Gasteiger partial charge < -0.3 is 9.84 Å². The Morgan fingerprint density at radius 1 is 1.21 bits per heavy atom. The van der Waals surface area contributed by atoms with Gasteiger partial charge in [-0.05, 0) is 36.8 Å². The highest BCUT2D eigenvalue weighted by molar-refractivity contribution is 9.10. The molecule has 2 aromatic carbocycles. The molecule has 0 aliphatic carbocycles. The first-order valence-corrected chi connectivity index (χ1v) is 6.70. The highest BCUT2D eigenvalue weighted by Crippen LogP contribution is 2.22. The standard InChI is InChI=1S/C15H14BrFO2/c1-10(18)11-3-6-14(7-4-11)19-9-12-2-5-13(17)8-15(12)16/h2-8,10,18H,9H2,1H3/t10-/m0/s1. The van der Waals surface area contributed by atoms with Gasteiger partial charge in [0.1, 0.15) is 18.2 Å². The molecule has 1 N–H and O–H groups in total. The number of benzene rings is 2. The van der Waals surface area contributed by atoms with Crippen molar-refractivity contribution >= 4 is 15.9 Å². The van der Waals surface area contributed by atoms with Crippen LogP contribution >= 0.6 is 15.9 Å². The number of aliphatic hydroxyl groups is 1. The molecule has 2 aromatic rings. The second kappa shape index (κ2) is 6.17. The first-order chi connectivity index (χ1) is 9.06. The molecule has 19 heavy (non-hydrogen) atoms. The summed E-state index contributed by atoms with van der Waals surface area (Å²) in [6.45, 7) is 2.07. The Hall–Kier alpha value is -1.39. The van der Waals surface area contributed by atoms with Crippen molar-refractivity contribution < 1.29 is 14.2 Å². The van der Waals surface area contributed by atoms with Crippen molar-refractivity contribution in [1.29, 1.82) is 0 Å². The molecule has 2 nitrogen and oxygen atoms in total. The summed E-state index contributed by atoms with van der Waals surface area (Å²) >= 11 is 3.30. The maximum Gasteiger partial charge on any atom is 0.124 e. The summed E-state index contributed by atoms with van der Waals surface area (Å²) in [4.78, 5) is 0. The molecule has 100 valence electrons. The average Bonchev–Trinajstić information content (AvgIpc) is 2.38. The highest BCUT2D eigenvalue weighted by Gasteiger charge is 2.04. The van der Waals surface area contributed by atoms with Crippen LogP contribution in [0.15, 0.2) is 46.9 Å². The maximum atomic E-state index is 12.9. The number of rotatable bonds is 4. The Bertz CT molecular complexity index is 553. The fourth-order valence-electron chi connectivity index (χ4n) is 1.64. The third-order valence-corrected chi connectivity index (χ3v) is 3.51. The molecule has 0 aromatic heterocycles. The molecule has 0 spiro atoms. The zero-order valence-electron chi connectivity index (χ0n) is 10.4. The van der Waals surface area contributed by atoms with E-state index in [-0.39, 0.29) is 5.82 Å². The van der Waals surface area contributed by atoms with Crippen LogP contribution in [-0.2, 0) is 6.61 Å². The molecular formula is C15H14BrFO2. The lowest BCUT2D eigenvalue weighted by Gasteiger charge is -2.09. The van der Waals surface area contributed by atoms with Gasteiger partial charge >= 0.3 is 0 Å². The lowest BCUT2D eigenvalue weighted by molar-refractivity contribution is 0.199. The Morgan fingerprint density at radius 3 is 2.47 bits per heavy atom. The minimum absolute atomic E-state index is 0.281. The summed E-state index contributed by atoms with van der Waals surface area (Å²) in [5.41, 5.74) is 1.72. The second-order valence-electron chi connectivity index (χ2n) is 4.27. The number of halogens is 2. The van der Waals surface area contributed by atoms with Gasteiger partial charge in [-0.3, -0.25) is 0 Å². The zero-order chi connectivity index (χ0) is 13.8. The van der Waals surface area contributed by atoms with Gasteiger partial charge in [0.05, 0.1) is 6.10 Å². The van der Waals surface area contributed by atoms with Crippen LogP contribution in [0.25, 0.3) is 0 Å². The molecule has 0 heterocycles. The monoisotopic (exact) mass is 324 g/mol. The van der Waals surface area contributed by atoms with Crippen molar-refractivity contribution in [3.63, 3.8) is 0 Å². The van der Waals surface area contributed by atoms with Crippen molar-refractivity contribution in [1.82, 2.24) is 0 Å². The molecule has 0 unspecified atom stereocenters. The molecule has 0 saturated carbocycles. The Balaban J connectivity index is 2.02. The van der Waals surface area contributed by atoms with Gasteiger partial charge in [0.15, 0.2) is 0 Å². The van der Waals surface area contributed by atoms with E-state index in [4.69, 9.17) is 4.74 Å². The molecule has 4 heteroatoms. The summed E-state index contributed by atoms with van der Waals surface area (Å²) < 4.78 is 19.2. The molecule has 0 amide bonds. The molecular weight excluding hydrogens is 311 g/mol. The average molecular weight is 325 g/mol. The van der Waals surface area contributed by atoms with E-state index in [0.717, 1.165) is 11.1 Å². The maximum absolute atomic E-state index is 12.9. The molecule has 1 atom stereocenters. The molecule has 0 aliphatic rings. The van der Waals surface area contributed by atoms with Crippen LogP contribution in [0.2, 0.25) is 0 Å². The van der Waals surface area contributed by atoms with E-state index in [2.05, 4.69) is 15.9 Å².